The number of hydrogen-bond donors (Lipinski definition) is 2. The standard InChI is InChI=1S/C22H29N5O2/c1-4-27(5-2)19(20-12-9-13-28-20)15-25-22(23-3)24-14-18-16-29-21(26-18)17-10-7-6-8-11-17/h6-13,16,19H,4-5,14-15H2,1-3H3,(H2,23,24,25). The summed E-state index contributed by atoms with van der Waals surface area (Å²) in [6, 6.07) is 13.9. The second-order valence-corrected chi connectivity index (χ2v) is 6.57. The first-order valence-corrected chi connectivity index (χ1v) is 9.96. The van der Waals surface area contributed by atoms with E-state index in [0.717, 1.165) is 30.1 Å². The molecule has 3 aromatic rings. The lowest BCUT2D eigenvalue weighted by molar-refractivity contribution is 0.193. The molecule has 2 heterocycles. The van der Waals surface area contributed by atoms with Crippen LogP contribution < -0.4 is 10.6 Å². The highest BCUT2D eigenvalue weighted by molar-refractivity contribution is 5.79. The van der Waals surface area contributed by atoms with Gasteiger partial charge in [-0.15, -0.1) is 0 Å². The number of nitrogens with one attached hydrogen (secondary N) is 2. The molecule has 0 aliphatic rings. The molecule has 0 spiro atoms. The zero-order chi connectivity index (χ0) is 20.5. The molecule has 29 heavy (non-hydrogen) atoms. The number of furan rings is 1. The number of nitrogens with zero attached hydrogens (tertiary/aromatic N) is 3. The molecule has 0 radical (unpaired) electrons. The smallest absolute Gasteiger partial charge is 0.226 e. The fourth-order valence-electron chi connectivity index (χ4n) is 3.24. The van der Waals surface area contributed by atoms with Gasteiger partial charge in [0.05, 0.1) is 24.5 Å². The Morgan fingerprint density at radius 1 is 1.07 bits per heavy atom. The van der Waals surface area contributed by atoms with Gasteiger partial charge in [0.25, 0.3) is 0 Å². The van der Waals surface area contributed by atoms with Crippen molar-refractivity contribution in [2.24, 2.45) is 4.99 Å². The van der Waals surface area contributed by atoms with Gasteiger partial charge in [-0.1, -0.05) is 32.0 Å². The van der Waals surface area contributed by atoms with Crippen LogP contribution in [0.25, 0.3) is 11.5 Å². The molecule has 0 aliphatic heterocycles. The van der Waals surface area contributed by atoms with Crippen molar-refractivity contribution < 1.29 is 8.83 Å². The summed E-state index contributed by atoms with van der Waals surface area (Å²) in [5.74, 6) is 2.27. The number of oxazole rings is 1. The number of aromatic nitrogens is 1. The number of likely N-dealkylation sites (N-methyl/N-ethyl adjacent to an activating group) is 1. The Morgan fingerprint density at radius 2 is 1.86 bits per heavy atom. The first kappa shape index (κ1) is 20.7. The molecule has 2 N–H and O–H groups in total. The van der Waals surface area contributed by atoms with Crippen molar-refractivity contribution in [3.63, 3.8) is 0 Å². The molecule has 1 atom stereocenters. The predicted octanol–water partition coefficient (Wildman–Crippen LogP) is 3.68. The number of aliphatic imine (C=N–C) groups is 1. The highest BCUT2D eigenvalue weighted by Gasteiger charge is 2.20. The predicted molar refractivity (Wildman–Crippen MR) is 115 cm³/mol. The Labute approximate surface area is 171 Å². The maximum atomic E-state index is 5.66. The van der Waals surface area contributed by atoms with Crippen molar-refractivity contribution >= 4 is 5.96 Å². The van der Waals surface area contributed by atoms with Crippen molar-refractivity contribution in [1.82, 2.24) is 20.5 Å². The summed E-state index contributed by atoms with van der Waals surface area (Å²) in [5, 5.41) is 6.69. The first-order valence-electron chi connectivity index (χ1n) is 9.96. The number of rotatable bonds is 9. The van der Waals surface area contributed by atoms with Crippen LogP contribution in [0.5, 0.6) is 0 Å². The van der Waals surface area contributed by atoms with Crippen molar-refractivity contribution in [3.8, 4) is 11.5 Å². The van der Waals surface area contributed by atoms with Crippen LogP contribution in [0.1, 0.15) is 31.3 Å². The molecule has 0 saturated carbocycles. The summed E-state index contributed by atoms with van der Waals surface area (Å²) in [7, 11) is 1.76. The zero-order valence-corrected chi connectivity index (χ0v) is 17.3. The van der Waals surface area contributed by atoms with E-state index in [1.165, 1.54) is 0 Å². The van der Waals surface area contributed by atoms with Crippen molar-refractivity contribution in [1.29, 1.82) is 0 Å². The van der Waals surface area contributed by atoms with Crippen LogP contribution in [-0.4, -0.2) is 42.5 Å². The van der Waals surface area contributed by atoms with E-state index in [2.05, 4.69) is 39.4 Å². The maximum absolute atomic E-state index is 5.66. The summed E-state index contributed by atoms with van der Waals surface area (Å²) < 4.78 is 11.2. The van der Waals surface area contributed by atoms with E-state index in [-0.39, 0.29) is 6.04 Å². The fraction of sp³-hybridized carbons (Fsp3) is 0.364. The van der Waals surface area contributed by atoms with E-state index in [1.54, 1.807) is 19.6 Å². The number of hydrogen-bond acceptors (Lipinski definition) is 5. The molecule has 1 aromatic carbocycles. The summed E-state index contributed by atoms with van der Waals surface area (Å²) in [5.41, 5.74) is 1.78. The Kier molecular flexibility index (Phi) is 7.47. The van der Waals surface area contributed by atoms with Crippen LogP contribution in [0, 0.1) is 0 Å². The monoisotopic (exact) mass is 395 g/mol. The minimum absolute atomic E-state index is 0.135. The van der Waals surface area contributed by atoms with Gasteiger partial charge in [0, 0.05) is 19.2 Å². The summed E-state index contributed by atoms with van der Waals surface area (Å²) in [6.45, 7) is 7.39. The van der Waals surface area contributed by atoms with Gasteiger partial charge >= 0.3 is 0 Å². The molecule has 0 bridgehead atoms. The Balaban J connectivity index is 1.57. The highest BCUT2D eigenvalue weighted by atomic mass is 16.3. The minimum Gasteiger partial charge on any atom is -0.468 e. The highest BCUT2D eigenvalue weighted by Crippen LogP contribution is 2.20. The average Bonchev–Trinajstić information content (AvgIpc) is 3.46. The molecular formula is C22H29N5O2. The molecule has 0 saturated heterocycles. The van der Waals surface area contributed by atoms with Gasteiger partial charge in [-0.25, -0.2) is 4.98 Å². The molecule has 3 rings (SSSR count). The third-order valence-electron chi connectivity index (χ3n) is 4.82. The van der Waals surface area contributed by atoms with Gasteiger partial charge in [0.1, 0.15) is 12.0 Å². The molecule has 0 aliphatic carbocycles. The molecule has 7 heteroatoms. The van der Waals surface area contributed by atoms with Crippen LogP contribution in [0.3, 0.4) is 0 Å². The largest absolute Gasteiger partial charge is 0.468 e. The molecule has 1 unspecified atom stereocenters. The van der Waals surface area contributed by atoms with Crippen molar-refractivity contribution in [3.05, 3.63) is 66.4 Å². The molecule has 2 aromatic heterocycles. The van der Waals surface area contributed by atoms with Crippen LogP contribution in [0.2, 0.25) is 0 Å². The first-order chi connectivity index (χ1) is 14.2. The van der Waals surface area contributed by atoms with Gasteiger partial charge in [-0.3, -0.25) is 9.89 Å². The van der Waals surface area contributed by atoms with E-state index in [9.17, 15) is 0 Å². The van der Waals surface area contributed by atoms with Gasteiger partial charge in [0.2, 0.25) is 5.89 Å². The van der Waals surface area contributed by atoms with Crippen LogP contribution in [0.15, 0.2) is 68.8 Å². The van der Waals surface area contributed by atoms with Crippen LogP contribution in [0.4, 0.5) is 0 Å². The molecule has 0 amide bonds. The van der Waals surface area contributed by atoms with Gasteiger partial charge in [-0.2, -0.15) is 0 Å². The van der Waals surface area contributed by atoms with Crippen molar-refractivity contribution in [2.45, 2.75) is 26.4 Å². The van der Waals surface area contributed by atoms with E-state index in [0.29, 0.717) is 24.9 Å². The van der Waals surface area contributed by atoms with Gasteiger partial charge in [-0.05, 0) is 37.4 Å². The number of benzene rings is 1. The molecule has 0 fully saturated rings. The third kappa shape index (κ3) is 5.48. The SMILES string of the molecule is CCN(CC)C(CNC(=NC)NCc1coc(-c2ccccc2)n1)c1ccco1. The topological polar surface area (TPSA) is 78.8 Å². The quantitative estimate of drug-likeness (QED) is 0.425. The van der Waals surface area contributed by atoms with E-state index >= 15 is 0 Å². The number of guanidine groups is 1. The normalized spacial score (nSPS) is 12.9. The third-order valence-corrected chi connectivity index (χ3v) is 4.82. The summed E-state index contributed by atoms with van der Waals surface area (Å²) in [4.78, 5) is 11.2. The lowest BCUT2D eigenvalue weighted by atomic mass is 10.2. The lowest BCUT2D eigenvalue weighted by Gasteiger charge is -2.28. The van der Waals surface area contributed by atoms with Gasteiger partial charge < -0.3 is 19.5 Å². The Morgan fingerprint density at radius 3 is 2.52 bits per heavy atom. The van der Waals surface area contributed by atoms with Crippen LogP contribution in [-0.2, 0) is 6.54 Å². The van der Waals surface area contributed by atoms with E-state index < -0.39 is 0 Å². The van der Waals surface area contributed by atoms with Crippen molar-refractivity contribution in [2.75, 3.05) is 26.7 Å². The second kappa shape index (κ2) is 10.5. The average molecular weight is 396 g/mol. The summed E-state index contributed by atoms with van der Waals surface area (Å²) >= 11 is 0. The molecule has 7 nitrogen and oxygen atoms in total. The fourth-order valence-corrected chi connectivity index (χ4v) is 3.24. The second-order valence-electron chi connectivity index (χ2n) is 6.57. The van der Waals surface area contributed by atoms with E-state index in [1.807, 2.05) is 42.5 Å². The zero-order valence-electron chi connectivity index (χ0n) is 17.3. The molecule has 154 valence electrons. The Hall–Kier alpha value is -3.06. The van der Waals surface area contributed by atoms with Crippen LogP contribution >= 0.6 is 0 Å². The Bertz CT molecular complexity index is 870. The molecular weight excluding hydrogens is 366 g/mol. The summed E-state index contributed by atoms with van der Waals surface area (Å²) in [6.07, 6.45) is 3.39. The maximum Gasteiger partial charge on any atom is 0.226 e. The minimum atomic E-state index is 0.135. The lowest BCUT2D eigenvalue weighted by Crippen LogP contribution is -2.43. The van der Waals surface area contributed by atoms with Gasteiger partial charge in [0.15, 0.2) is 5.96 Å². The van der Waals surface area contributed by atoms with E-state index in [4.69, 9.17) is 8.83 Å².